The van der Waals surface area contributed by atoms with Crippen molar-refractivity contribution in [2.24, 2.45) is 21.7 Å². The normalized spacial score (nSPS) is 15.0. The molecular formula is C74H104O4. The molecule has 0 bridgehead atoms. The first kappa shape index (κ1) is 66.5. The SMILES string of the molecule is C.C.CC(C)(C)C1=CC(=Cc2cccc(C=C3C=C(C(C)(C)C)C(=O)C(C(C)(C)C)=C3)c2)C=C(C(C)(C)C)C1=O.CC(C)(C)c1cc(Cc2cccc(Cc3cc(C(C)(C)C)c(O)c(C(C)(C)C)c3)c2)cc(C(C)(C)C)c1O. The van der Waals surface area contributed by atoms with Crippen molar-refractivity contribution in [1.29, 1.82) is 0 Å². The lowest BCUT2D eigenvalue weighted by Gasteiger charge is -2.31. The van der Waals surface area contributed by atoms with Gasteiger partial charge in [0.2, 0.25) is 0 Å². The zero-order chi connectivity index (χ0) is 57.7. The van der Waals surface area contributed by atoms with Gasteiger partial charge in [0, 0.05) is 22.3 Å². The molecule has 4 nitrogen and oxygen atoms in total. The van der Waals surface area contributed by atoms with Crippen LogP contribution >= 0.6 is 0 Å². The fraction of sp³-hybridized carbons (Fsp3) is 0.486. The van der Waals surface area contributed by atoms with Gasteiger partial charge in [-0.2, -0.15) is 0 Å². The predicted molar refractivity (Wildman–Crippen MR) is 339 cm³/mol. The number of hydrogen-bond donors (Lipinski definition) is 2. The monoisotopic (exact) mass is 1060 g/mol. The topological polar surface area (TPSA) is 74.6 Å². The summed E-state index contributed by atoms with van der Waals surface area (Å²) < 4.78 is 0. The lowest BCUT2D eigenvalue weighted by atomic mass is 9.71. The van der Waals surface area contributed by atoms with Crippen LogP contribution in [0.2, 0.25) is 0 Å². The van der Waals surface area contributed by atoms with Crippen LogP contribution in [-0.4, -0.2) is 21.8 Å². The molecule has 0 saturated heterocycles. The summed E-state index contributed by atoms with van der Waals surface area (Å²) in [6.07, 6.45) is 14.1. The van der Waals surface area contributed by atoms with Gasteiger partial charge >= 0.3 is 0 Å². The van der Waals surface area contributed by atoms with Gasteiger partial charge in [0.1, 0.15) is 11.5 Å². The number of aromatic hydroxyl groups is 2. The summed E-state index contributed by atoms with van der Waals surface area (Å²) in [4.78, 5) is 26.6. The summed E-state index contributed by atoms with van der Waals surface area (Å²) in [5.74, 6) is 1.16. The minimum absolute atomic E-state index is 0. The van der Waals surface area contributed by atoms with Crippen molar-refractivity contribution >= 4 is 23.7 Å². The predicted octanol–water partition coefficient (Wildman–Crippen LogP) is 20.3. The van der Waals surface area contributed by atoms with Crippen molar-refractivity contribution in [3.8, 4) is 11.5 Å². The van der Waals surface area contributed by atoms with E-state index in [2.05, 4.69) is 251 Å². The minimum Gasteiger partial charge on any atom is -0.507 e. The second-order valence-electron chi connectivity index (χ2n) is 30.1. The Morgan fingerprint density at radius 2 is 0.577 bits per heavy atom. The van der Waals surface area contributed by atoms with E-state index in [1.54, 1.807) is 0 Å². The highest BCUT2D eigenvalue weighted by Crippen LogP contribution is 2.44. The summed E-state index contributed by atoms with van der Waals surface area (Å²) in [6.45, 7) is 51.1. The molecule has 0 saturated carbocycles. The Bertz CT molecular complexity index is 2710. The van der Waals surface area contributed by atoms with E-state index in [-0.39, 0.29) is 69.7 Å². The van der Waals surface area contributed by atoms with Crippen molar-refractivity contribution in [1.82, 2.24) is 0 Å². The number of carbonyl (C=O) groups excluding carboxylic acids is 2. The molecular weight excluding hydrogens is 953 g/mol. The van der Waals surface area contributed by atoms with Gasteiger partial charge in [-0.1, -0.05) is 248 Å². The number of carbonyl (C=O) groups is 2. The number of Topliss-reactive ketones (excluding diaryl/α,β-unsaturated/α-hetero) is 2. The molecule has 6 rings (SSSR count). The number of phenolic OH excluding ortho intramolecular Hbond substituents is 2. The van der Waals surface area contributed by atoms with Crippen molar-refractivity contribution < 1.29 is 19.8 Å². The maximum atomic E-state index is 13.3. The lowest BCUT2D eigenvalue weighted by molar-refractivity contribution is -0.114. The van der Waals surface area contributed by atoms with Crippen LogP contribution in [0.5, 0.6) is 11.5 Å². The van der Waals surface area contributed by atoms with Crippen molar-refractivity contribution in [3.63, 3.8) is 0 Å². The first-order valence-electron chi connectivity index (χ1n) is 27.7. The van der Waals surface area contributed by atoms with E-state index in [9.17, 15) is 19.8 Å². The van der Waals surface area contributed by atoms with E-state index >= 15 is 0 Å². The second kappa shape index (κ2) is 23.5. The summed E-state index contributed by atoms with van der Waals surface area (Å²) in [5, 5.41) is 22.2. The first-order valence-corrected chi connectivity index (χ1v) is 27.7. The largest absolute Gasteiger partial charge is 0.507 e. The third kappa shape index (κ3) is 16.7. The molecule has 0 aromatic heterocycles. The number of ketones is 2. The average molecular weight is 1060 g/mol. The van der Waals surface area contributed by atoms with Crippen LogP contribution in [-0.2, 0) is 44.1 Å². The maximum absolute atomic E-state index is 13.3. The highest BCUT2D eigenvalue weighted by Gasteiger charge is 2.36. The van der Waals surface area contributed by atoms with E-state index in [4.69, 9.17) is 0 Å². The molecule has 0 radical (unpaired) electrons. The molecule has 0 heterocycles. The van der Waals surface area contributed by atoms with Gasteiger partial charge in [0.15, 0.2) is 11.6 Å². The van der Waals surface area contributed by atoms with Gasteiger partial charge in [-0.15, -0.1) is 0 Å². The zero-order valence-electron chi connectivity index (χ0n) is 51.5. The summed E-state index contributed by atoms with van der Waals surface area (Å²) in [6, 6.07) is 26.0. The fourth-order valence-electron chi connectivity index (χ4n) is 10.0. The van der Waals surface area contributed by atoms with Crippen LogP contribution in [0.3, 0.4) is 0 Å². The molecule has 78 heavy (non-hydrogen) atoms. The molecule has 0 aliphatic heterocycles. The second-order valence-corrected chi connectivity index (χ2v) is 30.1. The molecule has 0 atom stereocenters. The van der Waals surface area contributed by atoms with Crippen LogP contribution in [0.15, 0.2) is 131 Å². The van der Waals surface area contributed by atoms with Crippen LogP contribution in [0.4, 0.5) is 0 Å². The summed E-state index contributed by atoms with van der Waals surface area (Å²) in [5.41, 5.74) is 15.1. The fourth-order valence-corrected chi connectivity index (χ4v) is 10.0. The average Bonchev–Trinajstić information content (AvgIpc) is 3.23. The molecule has 4 aromatic rings. The van der Waals surface area contributed by atoms with E-state index in [0.29, 0.717) is 11.5 Å². The molecule has 2 N–H and O–H groups in total. The maximum Gasteiger partial charge on any atom is 0.186 e. The standard InChI is InChI=1S/C36H50O2.C36H46O2.2CH4/c2*1-33(2,3)27-19-25(20-28(31(27)37)34(4,5)6)17-23-14-13-15-24(16-23)18-26-21-29(35(7,8)9)32(38)30(22-26)36(10,11)12;;/h13-16,19-22,37-38H,17-18H2,1-12H3;13-22H,1-12H3;2*1H4. The molecule has 4 aromatic carbocycles. The Balaban J connectivity index is 0.000000400. The Hall–Kier alpha value is -5.74. The van der Waals surface area contributed by atoms with Gasteiger partial charge in [-0.05, 0) is 165 Å². The number of benzene rings is 4. The number of hydrogen-bond acceptors (Lipinski definition) is 4. The van der Waals surface area contributed by atoms with Gasteiger partial charge in [0.05, 0.1) is 0 Å². The molecule has 2 aliphatic carbocycles. The van der Waals surface area contributed by atoms with Crippen molar-refractivity contribution in [3.05, 3.63) is 186 Å². The van der Waals surface area contributed by atoms with Crippen LogP contribution in [0.25, 0.3) is 12.2 Å². The number of rotatable bonds is 6. The smallest absolute Gasteiger partial charge is 0.186 e. The quantitative estimate of drug-likeness (QED) is 0.202. The first-order chi connectivity index (χ1) is 34.3. The van der Waals surface area contributed by atoms with Crippen molar-refractivity contribution in [2.75, 3.05) is 0 Å². The van der Waals surface area contributed by atoms with Gasteiger partial charge in [-0.3, -0.25) is 9.59 Å². The molecule has 0 fully saturated rings. The zero-order valence-corrected chi connectivity index (χ0v) is 51.5. The van der Waals surface area contributed by atoms with Gasteiger partial charge in [-0.25, -0.2) is 0 Å². The molecule has 0 unspecified atom stereocenters. The Morgan fingerprint density at radius 1 is 0.333 bits per heavy atom. The van der Waals surface area contributed by atoms with Crippen LogP contribution < -0.4 is 0 Å². The lowest BCUT2D eigenvalue weighted by Crippen LogP contribution is -2.27. The third-order valence-electron chi connectivity index (χ3n) is 14.4. The highest BCUT2D eigenvalue weighted by atomic mass is 16.3. The molecule has 424 valence electrons. The van der Waals surface area contributed by atoms with Gasteiger partial charge < -0.3 is 10.2 Å². The molecule has 2 aliphatic rings. The Morgan fingerprint density at radius 3 is 0.808 bits per heavy atom. The summed E-state index contributed by atoms with van der Waals surface area (Å²) in [7, 11) is 0. The van der Waals surface area contributed by atoms with Crippen LogP contribution in [0.1, 0.15) is 237 Å². The molecule has 0 amide bonds. The van der Waals surface area contributed by atoms with E-state index in [1.165, 1.54) is 22.3 Å². The Labute approximate surface area is 476 Å². The summed E-state index contributed by atoms with van der Waals surface area (Å²) >= 11 is 0. The highest BCUT2D eigenvalue weighted by molar-refractivity contribution is 6.13. The van der Waals surface area contributed by atoms with E-state index in [0.717, 1.165) is 79.7 Å². The van der Waals surface area contributed by atoms with Gasteiger partial charge in [0.25, 0.3) is 0 Å². The van der Waals surface area contributed by atoms with Crippen LogP contribution in [0, 0.1) is 21.7 Å². The number of phenols is 2. The van der Waals surface area contributed by atoms with Crippen molar-refractivity contribution in [2.45, 2.75) is 216 Å². The number of allylic oxidation sites excluding steroid dienone is 10. The molecule has 4 heteroatoms. The van der Waals surface area contributed by atoms with E-state index < -0.39 is 0 Å². The molecule has 0 spiro atoms. The van der Waals surface area contributed by atoms with E-state index in [1.807, 2.05) is 24.3 Å². The minimum atomic E-state index is -0.236. The third-order valence-corrected chi connectivity index (χ3v) is 14.4. The Kier molecular flexibility index (Phi) is 20.1.